The minimum absolute atomic E-state index is 0.0455. The van der Waals surface area contributed by atoms with Crippen LogP contribution in [0.25, 0.3) is 0 Å². The van der Waals surface area contributed by atoms with Gasteiger partial charge in [-0.3, -0.25) is 4.79 Å². The maximum absolute atomic E-state index is 11.7. The van der Waals surface area contributed by atoms with Gasteiger partial charge in [-0.2, -0.15) is 0 Å². The highest BCUT2D eigenvalue weighted by Gasteiger charge is 2.36. The molecule has 1 aliphatic rings. The zero-order chi connectivity index (χ0) is 10.0. The first kappa shape index (κ1) is 9.31. The van der Waals surface area contributed by atoms with Crippen molar-refractivity contribution in [1.29, 1.82) is 0 Å². The lowest BCUT2D eigenvalue weighted by atomic mass is 9.75. The Morgan fingerprint density at radius 2 is 2.43 bits per heavy atom. The van der Waals surface area contributed by atoms with Crippen molar-refractivity contribution in [3.05, 3.63) is 24.2 Å². The molecule has 0 unspecified atom stereocenters. The molecule has 1 heterocycles. The van der Waals surface area contributed by atoms with Gasteiger partial charge in [-0.1, -0.05) is 6.92 Å². The molecule has 1 aliphatic carbocycles. The Labute approximate surface area is 83.5 Å². The average Bonchev–Trinajstić information content (AvgIpc) is 2.63. The number of rotatable bonds is 3. The van der Waals surface area contributed by atoms with Crippen molar-refractivity contribution >= 4 is 5.91 Å². The van der Waals surface area contributed by atoms with Gasteiger partial charge < -0.3 is 9.73 Å². The molecule has 0 aliphatic heterocycles. The summed E-state index contributed by atoms with van der Waals surface area (Å²) in [6, 6.07) is 3.42. The fourth-order valence-corrected chi connectivity index (χ4v) is 1.88. The Bertz CT molecular complexity index is 307. The van der Waals surface area contributed by atoms with Crippen molar-refractivity contribution in [3.63, 3.8) is 0 Å². The standard InChI is InChI=1S/C11H15NO2/c1-2-11(6-4-7-11)12-10(13)9-5-3-8-14-9/h3,5,8H,2,4,6-7H2,1H3,(H,12,13). The summed E-state index contributed by atoms with van der Waals surface area (Å²) in [6.45, 7) is 2.11. The normalized spacial score (nSPS) is 18.6. The lowest BCUT2D eigenvalue weighted by Crippen LogP contribution is -2.52. The molecule has 0 bridgehead atoms. The topological polar surface area (TPSA) is 42.2 Å². The van der Waals surface area contributed by atoms with E-state index in [1.807, 2.05) is 0 Å². The lowest BCUT2D eigenvalue weighted by Gasteiger charge is -2.41. The van der Waals surface area contributed by atoms with Crippen molar-refractivity contribution in [2.24, 2.45) is 0 Å². The second-order valence-electron chi connectivity index (χ2n) is 3.92. The highest BCUT2D eigenvalue weighted by atomic mass is 16.3. The molecular formula is C11H15NO2. The molecule has 0 aromatic carbocycles. The zero-order valence-corrected chi connectivity index (χ0v) is 8.38. The quantitative estimate of drug-likeness (QED) is 0.800. The largest absolute Gasteiger partial charge is 0.459 e. The van der Waals surface area contributed by atoms with Crippen molar-refractivity contribution in [2.75, 3.05) is 0 Å². The van der Waals surface area contributed by atoms with Crippen LogP contribution in [-0.2, 0) is 0 Å². The SMILES string of the molecule is CCC1(NC(=O)c2ccco2)CCC1. The summed E-state index contributed by atoms with van der Waals surface area (Å²) in [5.74, 6) is 0.321. The highest BCUT2D eigenvalue weighted by molar-refractivity contribution is 5.92. The number of furan rings is 1. The van der Waals surface area contributed by atoms with E-state index in [9.17, 15) is 4.79 Å². The van der Waals surface area contributed by atoms with Crippen LogP contribution < -0.4 is 5.32 Å². The molecule has 1 saturated carbocycles. The van der Waals surface area contributed by atoms with Gasteiger partial charge in [0.25, 0.3) is 5.91 Å². The molecule has 1 aromatic heterocycles. The predicted octanol–water partition coefficient (Wildman–Crippen LogP) is 2.34. The van der Waals surface area contributed by atoms with E-state index in [1.165, 1.54) is 12.7 Å². The van der Waals surface area contributed by atoms with Crippen LogP contribution in [0.3, 0.4) is 0 Å². The van der Waals surface area contributed by atoms with E-state index < -0.39 is 0 Å². The van der Waals surface area contributed by atoms with Crippen LogP contribution in [0.1, 0.15) is 43.2 Å². The van der Waals surface area contributed by atoms with Crippen molar-refractivity contribution < 1.29 is 9.21 Å². The van der Waals surface area contributed by atoms with Crippen LogP contribution in [0.15, 0.2) is 22.8 Å². The summed E-state index contributed by atoms with van der Waals surface area (Å²) < 4.78 is 5.04. The Kier molecular flexibility index (Phi) is 2.32. The van der Waals surface area contributed by atoms with Crippen molar-refractivity contribution in [1.82, 2.24) is 5.32 Å². The second kappa shape index (κ2) is 3.48. The third-order valence-electron chi connectivity index (χ3n) is 3.11. The second-order valence-corrected chi connectivity index (χ2v) is 3.92. The number of nitrogens with one attached hydrogen (secondary N) is 1. The highest BCUT2D eigenvalue weighted by Crippen LogP contribution is 2.34. The summed E-state index contributed by atoms with van der Waals surface area (Å²) in [4.78, 5) is 11.7. The maximum Gasteiger partial charge on any atom is 0.287 e. The van der Waals surface area contributed by atoms with Crippen molar-refractivity contribution in [2.45, 2.75) is 38.1 Å². The molecule has 0 radical (unpaired) electrons. The van der Waals surface area contributed by atoms with E-state index in [0.717, 1.165) is 19.3 Å². The summed E-state index contributed by atoms with van der Waals surface area (Å²) >= 11 is 0. The van der Waals surface area contributed by atoms with Gasteiger partial charge in [0.2, 0.25) is 0 Å². The molecule has 2 rings (SSSR count). The molecule has 1 aromatic rings. The van der Waals surface area contributed by atoms with Crippen LogP contribution >= 0.6 is 0 Å². The minimum Gasteiger partial charge on any atom is -0.459 e. The van der Waals surface area contributed by atoms with E-state index >= 15 is 0 Å². The zero-order valence-electron chi connectivity index (χ0n) is 8.38. The summed E-state index contributed by atoms with van der Waals surface area (Å²) in [5, 5.41) is 3.05. The number of carbonyl (C=O) groups is 1. The number of hydrogen-bond donors (Lipinski definition) is 1. The Balaban J connectivity index is 2.01. The monoisotopic (exact) mass is 193 g/mol. The van der Waals surface area contributed by atoms with Crippen molar-refractivity contribution in [3.8, 4) is 0 Å². The molecule has 1 fully saturated rings. The molecule has 3 nitrogen and oxygen atoms in total. The van der Waals surface area contributed by atoms with Gasteiger partial charge in [-0.15, -0.1) is 0 Å². The number of hydrogen-bond acceptors (Lipinski definition) is 2. The fourth-order valence-electron chi connectivity index (χ4n) is 1.88. The van der Waals surface area contributed by atoms with Gasteiger partial charge in [-0.25, -0.2) is 0 Å². The molecular weight excluding hydrogens is 178 g/mol. The van der Waals surface area contributed by atoms with E-state index in [1.54, 1.807) is 12.1 Å². The van der Waals surface area contributed by atoms with Crippen LogP contribution in [0.4, 0.5) is 0 Å². The fraction of sp³-hybridized carbons (Fsp3) is 0.545. The molecule has 1 N–H and O–H groups in total. The molecule has 0 atom stereocenters. The number of amides is 1. The molecule has 14 heavy (non-hydrogen) atoms. The van der Waals surface area contributed by atoms with Gasteiger partial charge in [0.05, 0.1) is 6.26 Å². The summed E-state index contributed by atoms with van der Waals surface area (Å²) in [6.07, 6.45) is 5.92. The van der Waals surface area contributed by atoms with E-state index in [4.69, 9.17) is 4.42 Å². The first-order chi connectivity index (χ1) is 6.76. The van der Waals surface area contributed by atoms with Gasteiger partial charge in [0, 0.05) is 5.54 Å². The predicted molar refractivity (Wildman–Crippen MR) is 53.0 cm³/mol. The lowest BCUT2D eigenvalue weighted by molar-refractivity contribution is 0.0792. The molecule has 1 amide bonds. The molecule has 76 valence electrons. The minimum atomic E-state index is -0.0865. The van der Waals surface area contributed by atoms with Crippen LogP contribution in [0.2, 0.25) is 0 Å². The first-order valence-electron chi connectivity index (χ1n) is 5.12. The maximum atomic E-state index is 11.7. The van der Waals surface area contributed by atoms with Gasteiger partial charge >= 0.3 is 0 Å². The summed E-state index contributed by atoms with van der Waals surface area (Å²) in [5.41, 5.74) is 0.0455. The Morgan fingerprint density at radius 1 is 1.64 bits per heavy atom. The smallest absolute Gasteiger partial charge is 0.287 e. The van der Waals surface area contributed by atoms with Crippen LogP contribution in [-0.4, -0.2) is 11.4 Å². The molecule has 0 saturated heterocycles. The van der Waals surface area contributed by atoms with Crippen LogP contribution in [0.5, 0.6) is 0 Å². The molecule has 3 heteroatoms. The summed E-state index contributed by atoms with van der Waals surface area (Å²) in [7, 11) is 0. The van der Waals surface area contributed by atoms with E-state index in [2.05, 4.69) is 12.2 Å². The third kappa shape index (κ3) is 1.54. The van der Waals surface area contributed by atoms with Gasteiger partial charge in [0.15, 0.2) is 5.76 Å². The van der Waals surface area contributed by atoms with Crippen LogP contribution in [0, 0.1) is 0 Å². The van der Waals surface area contributed by atoms with Gasteiger partial charge in [0.1, 0.15) is 0 Å². The van der Waals surface area contributed by atoms with E-state index in [0.29, 0.717) is 5.76 Å². The Morgan fingerprint density at radius 3 is 2.86 bits per heavy atom. The average molecular weight is 193 g/mol. The first-order valence-corrected chi connectivity index (χ1v) is 5.12. The van der Waals surface area contributed by atoms with Gasteiger partial charge in [-0.05, 0) is 37.8 Å². The third-order valence-corrected chi connectivity index (χ3v) is 3.11. The number of carbonyl (C=O) groups excluding carboxylic acids is 1. The molecule has 0 spiro atoms. The Hall–Kier alpha value is -1.25. The van der Waals surface area contributed by atoms with E-state index in [-0.39, 0.29) is 11.4 Å².